The van der Waals surface area contributed by atoms with Crippen LogP contribution in [0.5, 0.6) is 0 Å². The van der Waals surface area contributed by atoms with Gasteiger partial charge in [-0.2, -0.15) is 0 Å². The van der Waals surface area contributed by atoms with Crippen molar-refractivity contribution in [3.63, 3.8) is 0 Å². The highest BCUT2D eigenvalue weighted by atomic mass is 16.6. The molecule has 71 heavy (non-hydrogen) atoms. The lowest BCUT2D eigenvalue weighted by Crippen LogP contribution is -2.33. The zero-order valence-corrected chi connectivity index (χ0v) is 46.7. The summed E-state index contributed by atoms with van der Waals surface area (Å²) < 4.78 is 34.1. The number of ether oxygens (including phenoxy) is 6. The second-order valence-electron chi connectivity index (χ2n) is 20.3. The topological polar surface area (TPSA) is 164 Å². The van der Waals surface area contributed by atoms with Gasteiger partial charge in [-0.3, -0.25) is 28.8 Å². The molecule has 5 atom stereocenters. The van der Waals surface area contributed by atoms with Crippen molar-refractivity contribution >= 4 is 35.8 Å². The smallest absolute Gasteiger partial charge is 0.308 e. The molecule has 0 aromatic carbocycles. The zero-order valence-electron chi connectivity index (χ0n) is 46.7. The van der Waals surface area contributed by atoms with E-state index in [-0.39, 0.29) is 86.8 Å². The third-order valence-corrected chi connectivity index (χ3v) is 12.9. The van der Waals surface area contributed by atoms with Gasteiger partial charge in [-0.05, 0) is 111 Å². The van der Waals surface area contributed by atoms with Gasteiger partial charge in [-0.1, -0.05) is 144 Å². The summed E-state index contributed by atoms with van der Waals surface area (Å²) in [6.07, 6.45) is 23.5. The highest BCUT2D eigenvalue weighted by molar-refractivity contribution is 5.74. The van der Waals surface area contributed by atoms with E-state index >= 15 is 0 Å². The van der Waals surface area contributed by atoms with Crippen LogP contribution in [-0.2, 0) is 57.2 Å². The number of hydrogen-bond acceptors (Lipinski definition) is 14. The van der Waals surface area contributed by atoms with E-state index in [4.69, 9.17) is 28.4 Å². The van der Waals surface area contributed by atoms with Gasteiger partial charge in [0.2, 0.25) is 0 Å². The first-order valence-corrected chi connectivity index (χ1v) is 28.1. The Morgan fingerprint density at radius 3 is 1.08 bits per heavy atom. The minimum atomic E-state index is -0.939. The van der Waals surface area contributed by atoms with E-state index in [0.29, 0.717) is 51.6 Å². The van der Waals surface area contributed by atoms with Crippen molar-refractivity contribution in [2.45, 2.75) is 228 Å². The standard InChI is InChI=1S/C57H104N2O12/c1-11-15-19-24-32-46(5)54(62)66-42-50(43-67-55(63)47(6)33-25-20-16-12-2)70-52(60)36-30-40-59(39-29-23-28-38-58(9)10)41-31-37-53(61)71-51(44-68-56(64)48(7)34-26-21-17-13-3)45-69-57(65)49(8)35-27-22-18-14-4/h11,15,46-51H,12-14,16-45H2,1-10H3/b15-11+. The first kappa shape index (κ1) is 67.5. The second-order valence-corrected chi connectivity index (χ2v) is 20.3. The molecular weight excluding hydrogens is 905 g/mol. The first-order chi connectivity index (χ1) is 34.1. The molecule has 0 fully saturated rings. The molecule has 0 N–H and O–H groups in total. The van der Waals surface area contributed by atoms with E-state index in [1.807, 2.05) is 40.7 Å². The van der Waals surface area contributed by atoms with Crippen LogP contribution in [-0.4, -0.2) is 125 Å². The van der Waals surface area contributed by atoms with Crippen molar-refractivity contribution in [3.8, 4) is 0 Å². The fraction of sp³-hybridized carbons (Fsp3) is 0.860. The maximum atomic E-state index is 13.3. The number of allylic oxidation sites excluding steroid dienone is 2. The molecule has 0 spiro atoms. The summed E-state index contributed by atoms with van der Waals surface area (Å²) in [6.45, 7) is 17.8. The Balaban J connectivity index is 5.68. The van der Waals surface area contributed by atoms with Crippen LogP contribution >= 0.6 is 0 Å². The maximum Gasteiger partial charge on any atom is 0.308 e. The molecule has 0 rings (SSSR count). The summed E-state index contributed by atoms with van der Waals surface area (Å²) >= 11 is 0. The number of nitrogens with zero attached hydrogens (tertiary/aromatic N) is 2. The van der Waals surface area contributed by atoms with Gasteiger partial charge in [-0.25, -0.2) is 0 Å². The molecule has 0 saturated heterocycles. The number of carbonyl (C=O) groups is 6. The van der Waals surface area contributed by atoms with Gasteiger partial charge in [0, 0.05) is 12.8 Å². The van der Waals surface area contributed by atoms with Crippen LogP contribution in [0.25, 0.3) is 0 Å². The van der Waals surface area contributed by atoms with E-state index in [9.17, 15) is 28.8 Å². The van der Waals surface area contributed by atoms with E-state index in [2.05, 4.69) is 50.7 Å². The maximum absolute atomic E-state index is 13.3. The van der Waals surface area contributed by atoms with Crippen molar-refractivity contribution in [3.05, 3.63) is 12.2 Å². The fourth-order valence-corrected chi connectivity index (χ4v) is 7.97. The number of hydrogen-bond donors (Lipinski definition) is 0. The Labute approximate surface area is 432 Å². The van der Waals surface area contributed by atoms with Gasteiger partial charge in [0.1, 0.15) is 26.4 Å². The van der Waals surface area contributed by atoms with Crippen LogP contribution in [0.15, 0.2) is 12.2 Å². The van der Waals surface area contributed by atoms with E-state index in [1.54, 1.807) is 0 Å². The predicted molar refractivity (Wildman–Crippen MR) is 283 cm³/mol. The molecule has 0 amide bonds. The Morgan fingerprint density at radius 1 is 0.423 bits per heavy atom. The lowest BCUT2D eigenvalue weighted by molar-refractivity contribution is -0.169. The van der Waals surface area contributed by atoms with Gasteiger partial charge in [0.25, 0.3) is 0 Å². The Morgan fingerprint density at radius 2 is 0.746 bits per heavy atom. The summed E-state index contributed by atoms with van der Waals surface area (Å²) in [5, 5.41) is 0. The van der Waals surface area contributed by atoms with Gasteiger partial charge < -0.3 is 38.2 Å². The van der Waals surface area contributed by atoms with E-state index in [1.165, 1.54) is 0 Å². The minimum absolute atomic E-state index is 0.0978. The molecule has 5 unspecified atom stereocenters. The van der Waals surface area contributed by atoms with Crippen molar-refractivity contribution in [2.24, 2.45) is 23.7 Å². The fourth-order valence-electron chi connectivity index (χ4n) is 7.97. The van der Waals surface area contributed by atoms with Crippen molar-refractivity contribution in [1.29, 1.82) is 0 Å². The normalized spacial score (nSPS) is 14.1. The quantitative estimate of drug-likeness (QED) is 0.0245. The van der Waals surface area contributed by atoms with Crippen LogP contribution in [0.4, 0.5) is 0 Å². The average molecular weight is 1010 g/mol. The van der Waals surface area contributed by atoms with Crippen LogP contribution in [0, 0.1) is 23.7 Å². The number of esters is 6. The summed E-state index contributed by atoms with van der Waals surface area (Å²) in [6, 6.07) is 0. The third kappa shape index (κ3) is 38.7. The predicted octanol–water partition coefficient (Wildman–Crippen LogP) is 11.8. The zero-order chi connectivity index (χ0) is 53.1. The molecule has 0 aliphatic carbocycles. The molecule has 0 radical (unpaired) electrons. The van der Waals surface area contributed by atoms with Crippen molar-refractivity contribution in [2.75, 3.05) is 66.7 Å². The van der Waals surface area contributed by atoms with Crippen LogP contribution in [0.2, 0.25) is 0 Å². The van der Waals surface area contributed by atoms with Crippen molar-refractivity contribution < 1.29 is 57.2 Å². The molecule has 14 nitrogen and oxygen atoms in total. The van der Waals surface area contributed by atoms with E-state index < -0.39 is 24.1 Å². The molecule has 0 aliphatic heterocycles. The van der Waals surface area contributed by atoms with Crippen molar-refractivity contribution in [1.82, 2.24) is 9.80 Å². The lowest BCUT2D eigenvalue weighted by Gasteiger charge is -2.23. The Hall–Kier alpha value is -3.52. The SMILES string of the molecule is C/C=C/CCCC(C)C(=O)OCC(COC(=O)C(C)CCCCCC)OC(=O)CCCN(CCCCCN(C)C)CCCC(=O)OC(COC(=O)C(C)CCCCCC)COC(=O)C(C)CCCCCC. The Bertz CT molecular complexity index is 1390. The van der Waals surface area contributed by atoms with Crippen LogP contribution in [0.1, 0.15) is 216 Å². The molecule has 0 aromatic heterocycles. The van der Waals surface area contributed by atoms with Crippen LogP contribution < -0.4 is 0 Å². The summed E-state index contributed by atoms with van der Waals surface area (Å²) in [5.74, 6) is -3.64. The number of carbonyl (C=O) groups excluding carboxylic acids is 6. The minimum Gasteiger partial charge on any atom is -0.461 e. The van der Waals surface area contributed by atoms with Gasteiger partial charge >= 0.3 is 35.8 Å². The average Bonchev–Trinajstić information content (AvgIpc) is 3.34. The molecule has 414 valence electrons. The Kier molecular flexibility index (Phi) is 42.9. The van der Waals surface area contributed by atoms with E-state index in [0.717, 1.165) is 122 Å². The van der Waals surface area contributed by atoms with Gasteiger partial charge in [0.15, 0.2) is 12.2 Å². The molecule has 0 saturated carbocycles. The second kappa shape index (κ2) is 45.1. The summed E-state index contributed by atoms with van der Waals surface area (Å²) in [7, 11) is 4.11. The van der Waals surface area contributed by atoms with Gasteiger partial charge in [-0.15, -0.1) is 0 Å². The monoisotopic (exact) mass is 1010 g/mol. The highest BCUT2D eigenvalue weighted by Gasteiger charge is 2.25. The number of rotatable bonds is 47. The number of unbranched alkanes of at least 4 members (excludes halogenated alkanes) is 12. The molecule has 0 aliphatic rings. The summed E-state index contributed by atoms with van der Waals surface area (Å²) in [4.78, 5) is 82.6. The molecule has 14 heteroatoms. The first-order valence-electron chi connectivity index (χ1n) is 28.1. The molecule has 0 heterocycles. The summed E-state index contributed by atoms with van der Waals surface area (Å²) in [5.41, 5.74) is 0. The third-order valence-electron chi connectivity index (χ3n) is 12.9. The van der Waals surface area contributed by atoms with Crippen LogP contribution in [0.3, 0.4) is 0 Å². The molecular formula is C57H104N2O12. The largest absolute Gasteiger partial charge is 0.461 e. The highest BCUT2D eigenvalue weighted by Crippen LogP contribution is 2.17. The lowest BCUT2D eigenvalue weighted by atomic mass is 10.0. The van der Waals surface area contributed by atoms with Gasteiger partial charge in [0.05, 0.1) is 23.7 Å². The molecule has 0 aromatic rings. The molecule has 0 bridgehead atoms.